The summed E-state index contributed by atoms with van der Waals surface area (Å²) >= 11 is 0. The maximum absolute atomic E-state index is 11.9. The minimum atomic E-state index is -0.0659. The van der Waals surface area contributed by atoms with Crippen LogP contribution in [-0.2, 0) is 17.8 Å². The van der Waals surface area contributed by atoms with Gasteiger partial charge in [-0.1, -0.05) is 36.4 Å². The van der Waals surface area contributed by atoms with E-state index in [1.54, 1.807) is 18.2 Å². The van der Waals surface area contributed by atoms with E-state index in [1.165, 1.54) is 7.11 Å². The summed E-state index contributed by atoms with van der Waals surface area (Å²) in [7, 11) is 1.52. The van der Waals surface area contributed by atoms with Crippen LogP contribution >= 0.6 is 0 Å². The van der Waals surface area contributed by atoms with Gasteiger partial charge in [0, 0.05) is 6.42 Å². The first kappa shape index (κ1) is 15.1. The largest absolute Gasteiger partial charge is 0.493 e. The van der Waals surface area contributed by atoms with E-state index >= 15 is 0 Å². The molecule has 0 amide bonds. The maximum Gasteiger partial charge on any atom is 0.174 e. The highest BCUT2D eigenvalue weighted by molar-refractivity contribution is 5.82. The Hall–Kier alpha value is -2.33. The number of hydrogen-bond donors (Lipinski definition) is 1. The summed E-state index contributed by atoms with van der Waals surface area (Å²) in [6.45, 7) is -0.0761. The van der Waals surface area contributed by atoms with Crippen molar-refractivity contribution in [2.24, 2.45) is 0 Å². The molecule has 0 spiro atoms. The number of methoxy groups -OCH3 is 1. The van der Waals surface area contributed by atoms with Crippen LogP contribution in [0.1, 0.15) is 11.1 Å². The molecular weight excluding hydrogens is 268 g/mol. The van der Waals surface area contributed by atoms with Crippen LogP contribution in [0, 0.1) is 0 Å². The Morgan fingerprint density at radius 3 is 2.48 bits per heavy atom. The first-order chi connectivity index (χ1) is 10.2. The molecule has 2 aromatic carbocycles. The lowest BCUT2D eigenvalue weighted by Gasteiger charge is -2.11. The van der Waals surface area contributed by atoms with Crippen molar-refractivity contribution < 1.29 is 19.4 Å². The van der Waals surface area contributed by atoms with E-state index in [2.05, 4.69) is 0 Å². The zero-order chi connectivity index (χ0) is 15.1. The molecule has 0 atom stereocenters. The van der Waals surface area contributed by atoms with Crippen LogP contribution in [0.15, 0.2) is 48.5 Å². The van der Waals surface area contributed by atoms with Crippen LogP contribution < -0.4 is 9.47 Å². The summed E-state index contributed by atoms with van der Waals surface area (Å²) in [6, 6.07) is 14.7. The average molecular weight is 286 g/mol. The number of Topliss-reactive ketones (excluding diaryl/α,β-unsaturated/α-hetero) is 1. The third-order valence-electron chi connectivity index (χ3n) is 3.04. The van der Waals surface area contributed by atoms with E-state index in [1.807, 2.05) is 30.3 Å². The molecule has 2 aromatic rings. The molecule has 0 aliphatic carbocycles. The van der Waals surface area contributed by atoms with E-state index < -0.39 is 0 Å². The zero-order valence-corrected chi connectivity index (χ0v) is 11.9. The van der Waals surface area contributed by atoms with Gasteiger partial charge < -0.3 is 14.6 Å². The van der Waals surface area contributed by atoms with Crippen molar-refractivity contribution in [1.82, 2.24) is 0 Å². The number of benzene rings is 2. The van der Waals surface area contributed by atoms with Crippen LogP contribution in [0.3, 0.4) is 0 Å². The normalized spacial score (nSPS) is 10.2. The van der Waals surface area contributed by atoms with Gasteiger partial charge in [-0.25, -0.2) is 0 Å². The van der Waals surface area contributed by atoms with Crippen molar-refractivity contribution in [2.45, 2.75) is 13.0 Å². The predicted molar refractivity (Wildman–Crippen MR) is 79.6 cm³/mol. The summed E-state index contributed by atoms with van der Waals surface area (Å²) in [5.74, 6) is 1.000. The summed E-state index contributed by atoms with van der Waals surface area (Å²) < 4.78 is 10.7. The SMILES string of the molecule is COc1cc(CO)ccc1OCC(=O)Cc1ccccc1. The lowest BCUT2D eigenvalue weighted by molar-refractivity contribution is -0.120. The molecule has 0 fully saturated rings. The van der Waals surface area contributed by atoms with Crippen LogP contribution in [-0.4, -0.2) is 24.6 Å². The van der Waals surface area contributed by atoms with Gasteiger partial charge in [-0.2, -0.15) is 0 Å². The number of rotatable bonds is 7. The van der Waals surface area contributed by atoms with Gasteiger partial charge in [0.15, 0.2) is 17.3 Å². The highest BCUT2D eigenvalue weighted by Gasteiger charge is 2.09. The minimum absolute atomic E-state index is 0.00510. The van der Waals surface area contributed by atoms with E-state index in [0.29, 0.717) is 17.9 Å². The molecule has 1 N–H and O–H groups in total. The van der Waals surface area contributed by atoms with Crippen LogP contribution in [0.25, 0.3) is 0 Å². The number of ketones is 1. The Morgan fingerprint density at radius 1 is 1.05 bits per heavy atom. The second kappa shape index (κ2) is 7.45. The molecule has 0 saturated carbocycles. The van der Waals surface area contributed by atoms with E-state index in [4.69, 9.17) is 14.6 Å². The predicted octanol–water partition coefficient (Wildman–Crippen LogP) is 2.38. The Morgan fingerprint density at radius 2 is 1.81 bits per heavy atom. The van der Waals surface area contributed by atoms with Crippen LogP contribution in [0.4, 0.5) is 0 Å². The third kappa shape index (κ3) is 4.33. The highest BCUT2D eigenvalue weighted by Crippen LogP contribution is 2.28. The second-order valence-corrected chi connectivity index (χ2v) is 4.63. The molecule has 0 radical (unpaired) electrons. The Bertz CT molecular complexity index is 593. The van der Waals surface area contributed by atoms with Crippen LogP contribution in [0.2, 0.25) is 0 Å². The van der Waals surface area contributed by atoms with E-state index in [9.17, 15) is 4.79 Å². The monoisotopic (exact) mass is 286 g/mol. The van der Waals surface area contributed by atoms with Gasteiger partial charge >= 0.3 is 0 Å². The Balaban J connectivity index is 1.95. The number of carbonyl (C=O) groups excluding carboxylic acids is 1. The maximum atomic E-state index is 11.9. The van der Waals surface area contributed by atoms with Crippen molar-refractivity contribution in [3.63, 3.8) is 0 Å². The lowest BCUT2D eigenvalue weighted by atomic mass is 10.1. The number of ether oxygens (including phenoxy) is 2. The number of carbonyl (C=O) groups is 1. The molecule has 0 aromatic heterocycles. The molecule has 0 aliphatic rings. The number of aliphatic hydroxyl groups is 1. The van der Waals surface area contributed by atoms with Crippen molar-refractivity contribution in [1.29, 1.82) is 0 Å². The second-order valence-electron chi connectivity index (χ2n) is 4.63. The fourth-order valence-electron chi connectivity index (χ4n) is 1.96. The van der Waals surface area contributed by atoms with Gasteiger partial charge in [0.2, 0.25) is 0 Å². The molecule has 0 bridgehead atoms. The van der Waals surface area contributed by atoms with Gasteiger partial charge in [0.1, 0.15) is 6.61 Å². The average Bonchev–Trinajstić information content (AvgIpc) is 2.53. The van der Waals surface area contributed by atoms with Crippen molar-refractivity contribution in [3.05, 3.63) is 59.7 Å². The number of hydrogen-bond acceptors (Lipinski definition) is 4. The highest BCUT2D eigenvalue weighted by atomic mass is 16.5. The van der Waals surface area contributed by atoms with Gasteiger partial charge in [-0.3, -0.25) is 4.79 Å². The molecule has 0 heterocycles. The Labute approximate surface area is 123 Å². The molecule has 110 valence electrons. The number of aliphatic hydroxyl groups excluding tert-OH is 1. The summed E-state index contributed by atoms with van der Waals surface area (Å²) in [5.41, 5.74) is 1.70. The standard InChI is InChI=1S/C17H18O4/c1-20-17-10-14(11-18)7-8-16(17)21-12-15(19)9-13-5-3-2-4-6-13/h2-8,10,18H,9,11-12H2,1H3. The summed E-state index contributed by atoms with van der Waals surface area (Å²) in [4.78, 5) is 11.9. The smallest absolute Gasteiger partial charge is 0.174 e. The fraction of sp³-hybridized carbons (Fsp3) is 0.235. The first-order valence-electron chi connectivity index (χ1n) is 6.69. The summed E-state index contributed by atoms with van der Waals surface area (Å²) in [5, 5.41) is 9.08. The molecule has 0 unspecified atom stereocenters. The molecule has 21 heavy (non-hydrogen) atoms. The van der Waals surface area contributed by atoms with Crippen LogP contribution in [0.5, 0.6) is 11.5 Å². The third-order valence-corrected chi connectivity index (χ3v) is 3.04. The molecule has 0 saturated heterocycles. The van der Waals surface area contributed by atoms with Crippen molar-refractivity contribution >= 4 is 5.78 Å². The lowest BCUT2D eigenvalue weighted by Crippen LogP contribution is -2.14. The van der Waals surface area contributed by atoms with Gasteiger partial charge in [-0.05, 0) is 23.3 Å². The molecular formula is C17H18O4. The Kier molecular flexibility index (Phi) is 5.35. The van der Waals surface area contributed by atoms with Gasteiger partial charge in [0.25, 0.3) is 0 Å². The van der Waals surface area contributed by atoms with Crippen molar-refractivity contribution in [2.75, 3.05) is 13.7 Å². The molecule has 2 rings (SSSR count). The first-order valence-corrected chi connectivity index (χ1v) is 6.69. The minimum Gasteiger partial charge on any atom is -0.493 e. The quantitative estimate of drug-likeness (QED) is 0.849. The van der Waals surface area contributed by atoms with Gasteiger partial charge in [0.05, 0.1) is 13.7 Å². The topological polar surface area (TPSA) is 55.8 Å². The molecule has 4 heteroatoms. The van der Waals surface area contributed by atoms with E-state index in [0.717, 1.165) is 11.1 Å². The molecule has 4 nitrogen and oxygen atoms in total. The van der Waals surface area contributed by atoms with Gasteiger partial charge in [-0.15, -0.1) is 0 Å². The fourth-order valence-corrected chi connectivity index (χ4v) is 1.96. The van der Waals surface area contributed by atoms with E-state index in [-0.39, 0.29) is 19.0 Å². The summed E-state index contributed by atoms with van der Waals surface area (Å²) in [6.07, 6.45) is 0.345. The molecule has 0 aliphatic heterocycles. The zero-order valence-electron chi connectivity index (χ0n) is 11.9. The van der Waals surface area contributed by atoms with Crippen molar-refractivity contribution in [3.8, 4) is 11.5 Å².